The molecule has 2 aromatic rings. The van der Waals surface area contributed by atoms with Gasteiger partial charge in [0, 0.05) is 34.3 Å². The molecule has 1 aromatic carbocycles. The lowest BCUT2D eigenvalue weighted by atomic mass is 10.2. The second-order valence-electron chi connectivity index (χ2n) is 5.49. The summed E-state index contributed by atoms with van der Waals surface area (Å²) in [5.41, 5.74) is 1.04. The van der Waals surface area contributed by atoms with Crippen LogP contribution in [0.1, 0.15) is 15.3 Å². The molecule has 0 radical (unpaired) electrons. The lowest BCUT2D eigenvalue weighted by Gasteiger charge is -2.17. The molecule has 25 heavy (non-hydrogen) atoms. The Kier molecular flexibility index (Phi) is 7.28. The van der Waals surface area contributed by atoms with E-state index in [0.29, 0.717) is 6.54 Å². The Morgan fingerprint density at radius 3 is 2.52 bits per heavy atom. The van der Waals surface area contributed by atoms with Gasteiger partial charge in [-0.05, 0) is 49.1 Å². The molecule has 0 aliphatic carbocycles. The Bertz CT molecular complexity index is 750. The second kappa shape index (κ2) is 9.44. The predicted molar refractivity (Wildman–Crippen MR) is 104 cm³/mol. The maximum absolute atomic E-state index is 12.1. The van der Waals surface area contributed by atoms with E-state index >= 15 is 0 Å². The standard InChI is InChI=1S/C19H21NO3S2/c1-14-4-7-17(25-14)10-11-19(22)23-13-18(21)20(2)12-15-5-8-16(24-3)9-6-15/h4-11H,12-13H2,1-3H3/b11-10+. The van der Waals surface area contributed by atoms with Crippen molar-refractivity contribution in [3.8, 4) is 0 Å². The smallest absolute Gasteiger partial charge is 0.331 e. The van der Waals surface area contributed by atoms with Crippen LogP contribution in [0.5, 0.6) is 0 Å². The molecule has 0 aliphatic rings. The van der Waals surface area contributed by atoms with Crippen LogP contribution >= 0.6 is 23.1 Å². The van der Waals surface area contributed by atoms with Gasteiger partial charge in [0.15, 0.2) is 6.61 Å². The van der Waals surface area contributed by atoms with Crippen molar-refractivity contribution in [2.45, 2.75) is 18.4 Å². The highest BCUT2D eigenvalue weighted by molar-refractivity contribution is 7.98. The molecule has 0 saturated heterocycles. The summed E-state index contributed by atoms with van der Waals surface area (Å²) in [6, 6.07) is 12.0. The molecule has 0 unspecified atom stereocenters. The number of rotatable bonds is 7. The first kappa shape index (κ1) is 19.3. The first-order chi connectivity index (χ1) is 12.0. The molecule has 1 heterocycles. The highest BCUT2D eigenvalue weighted by Gasteiger charge is 2.11. The summed E-state index contributed by atoms with van der Waals surface area (Å²) in [5.74, 6) is -0.750. The van der Waals surface area contributed by atoms with Crippen LogP contribution in [-0.4, -0.2) is 36.7 Å². The summed E-state index contributed by atoms with van der Waals surface area (Å²) >= 11 is 3.27. The minimum absolute atomic E-state index is 0.234. The average molecular weight is 376 g/mol. The molecule has 1 aromatic heterocycles. The van der Waals surface area contributed by atoms with Crippen LogP contribution in [-0.2, 0) is 20.9 Å². The molecule has 4 nitrogen and oxygen atoms in total. The Balaban J connectivity index is 1.78. The fraction of sp³-hybridized carbons (Fsp3) is 0.263. The van der Waals surface area contributed by atoms with E-state index in [0.717, 1.165) is 10.4 Å². The van der Waals surface area contributed by atoms with Crippen molar-refractivity contribution in [3.05, 3.63) is 57.8 Å². The van der Waals surface area contributed by atoms with Crippen LogP contribution in [0.2, 0.25) is 0 Å². The fourth-order valence-electron chi connectivity index (χ4n) is 2.08. The number of likely N-dealkylation sites (N-methyl/N-ethyl adjacent to an activating group) is 1. The molecule has 0 spiro atoms. The minimum atomic E-state index is -0.517. The van der Waals surface area contributed by atoms with Gasteiger partial charge in [-0.15, -0.1) is 23.1 Å². The number of esters is 1. The molecule has 0 N–H and O–H groups in total. The highest BCUT2D eigenvalue weighted by atomic mass is 32.2. The van der Waals surface area contributed by atoms with Gasteiger partial charge < -0.3 is 9.64 Å². The molecule has 1 amide bonds. The van der Waals surface area contributed by atoms with Crippen molar-refractivity contribution in [1.82, 2.24) is 4.90 Å². The molecular formula is C19H21NO3S2. The monoisotopic (exact) mass is 375 g/mol. The van der Waals surface area contributed by atoms with Crippen LogP contribution in [0.25, 0.3) is 6.08 Å². The van der Waals surface area contributed by atoms with Gasteiger partial charge in [-0.3, -0.25) is 4.79 Å². The minimum Gasteiger partial charge on any atom is -0.452 e. The summed E-state index contributed by atoms with van der Waals surface area (Å²) < 4.78 is 5.01. The van der Waals surface area contributed by atoms with Gasteiger partial charge in [0.05, 0.1) is 0 Å². The Morgan fingerprint density at radius 1 is 1.20 bits per heavy atom. The lowest BCUT2D eigenvalue weighted by molar-refractivity contribution is -0.147. The number of aryl methyl sites for hydroxylation is 1. The third kappa shape index (κ3) is 6.40. The summed E-state index contributed by atoms with van der Waals surface area (Å²) in [6.45, 7) is 2.23. The van der Waals surface area contributed by atoms with Crippen LogP contribution < -0.4 is 0 Å². The molecule has 0 saturated carbocycles. The van der Waals surface area contributed by atoms with Crippen molar-refractivity contribution in [1.29, 1.82) is 0 Å². The van der Waals surface area contributed by atoms with E-state index in [2.05, 4.69) is 0 Å². The number of benzene rings is 1. The predicted octanol–water partition coefficient (Wildman–Crippen LogP) is 3.99. The van der Waals surface area contributed by atoms with Crippen LogP contribution in [0.3, 0.4) is 0 Å². The maximum Gasteiger partial charge on any atom is 0.331 e. The summed E-state index contributed by atoms with van der Waals surface area (Å²) in [7, 11) is 1.70. The number of thiophene rings is 1. The van der Waals surface area contributed by atoms with Crippen molar-refractivity contribution >= 4 is 41.1 Å². The van der Waals surface area contributed by atoms with Crippen LogP contribution in [0.15, 0.2) is 47.4 Å². The quantitative estimate of drug-likeness (QED) is 0.417. The molecule has 0 fully saturated rings. The average Bonchev–Trinajstić information content (AvgIpc) is 3.03. The fourth-order valence-corrected chi connectivity index (χ4v) is 3.27. The summed E-state index contributed by atoms with van der Waals surface area (Å²) in [5, 5.41) is 0. The lowest BCUT2D eigenvalue weighted by Crippen LogP contribution is -2.30. The number of carbonyl (C=O) groups excluding carboxylic acids is 2. The van der Waals surface area contributed by atoms with Crippen LogP contribution in [0.4, 0.5) is 0 Å². The van der Waals surface area contributed by atoms with E-state index in [1.54, 1.807) is 41.1 Å². The van der Waals surface area contributed by atoms with Gasteiger partial charge in [-0.25, -0.2) is 4.79 Å². The van der Waals surface area contributed by atoms with E-state index in [9.17, 15) is 9.59 Å². The molecule has 2 rings (SSSR count). The van der Waals surface area contributed by atoms with Crippen molar-refractivity contribution in [2.24, 2.45) is 0 Å². The van der Waals surface area contributed by atoms with Crippen molar-refractivity contribution in [2.75, 3.05) is 19.9 Å². The van der Waals surface area contributed by atoms with Gasteiger partial charge in [0.1, 0.15) is 0 Å². The van der Waals surface area contributed by atoms with E-state index in [1.165, 1.54) is 15.8 Å². The maximum atomic E-state index is 12.1. The zero-order chi connectivity index (χ0) is 18.2. The van der Waals surface area contributed by atoms with E-state index in [1.807, 2.05) is 49.6 Å². The van der Waals surface area contributed by atoms with Crippen molar-refractivity contribution < 1.29 is 14.3 Å². The molecule has 132 valence electrons. The molecular weight excluding hydrogens is 354 g/mol. The Morgan fingerprint density at radius 2 is 1.92 bits per heavy atom. The largest absolute Gasteiger partial charge is 0.452 e. The van der Waals surface area contributed by atoms with Crippen molar-refractivity contribution in [3.63, 3.8) is 0 Å². The number of ether oxygens (including phenoxy) is 1. The van der Waals surface area contributed by atoms with Gasteiger partial charge in [-0.2, -0.15) is 0 Å². The number of nitrogens with zero attached hydrogens (tertiary/aromatic N) is 1. The Hall–Kier alpha value is -2.05. The molecule has 0 bridgehead atoms. The normalized spacial score (nSPS) is 10.8. The van der Waals surface area contributed by atoms with E-state index in [-0.39, 0.29) is 12.5 Å². The molecule has 0 atom stereocenters. The third-order valence-electron chi connectivity index (χ3n) is 3.49. The number of amides is 1. The number of hydrogen-bond donors (Lipinski definition) is 0. The van der Waals surface area contributed by atoms with Gasteiger partial charge in [-0.1, -0.05) is 12.1 Å². The first-order valence-corrected chi connectivity index (χ1v) is 9.80. The van der Waals surface area contributed by atoms with Gasteiger partial charge in [0.2, 0.25) is 0 Å². The number of carbonyl (C=O) groups is 2. The third-order valence-corrected chi connectivity index (χ3v) is 5.20. The van der Waals surface area contributed by atoms with Gasteiger partial charge >= 0.3 is 5.97 Å². The zero-order valence-corrected chi connectivity index (χ0v) is 16.2. The second-order valence-corrected chi connectivity index (χ2v) is 7.69. The SMILES string of the molecule is CSc1ccc(CN(C)C(=O)COC(=O)/C=C/c2ccc(C)s2)cc1. The zero-order valence-electron chi connectivity index (χ0n) is 14.5. The number of hydrogen-bond acceptors (Lipinski definition) is 5. The van der Waals surface area contributed by atoms with E-state index in [4.69, 9.17) is 4.74 Å². The summed E-state index contributed by atoms with van der Waals surface area (Å²) in [6.07, 6.45) is 5.06. The van der Waals surface area contributed by atoms with E-state index < -0.39 is 5.97 Å². The highest BCUT2D eigenvalue weighted by Crippen LogP contribution is 2.17. The van der Waals surface area contributed by atoms with Crippen LogP contribution in [0, 0.1) is 6.92 Å². The Labute approximate surface area is 156 Å². The molecule has 0 aliphatic heterocycles. The van der Waals surface area contributed by atoms with Gasteiger partial charge in [0.25, 0.3) is 5.91 Å². The first-order valence-electron chi connectivity index (χ1n) is 7.76. The topological polar surface area (TPSA) is 46.6 Å². The number of thioether (sulfide) groups is 1. The summed E-state index contributed by atoms with van der Waals surface area (Å²) in [4.78, 5) is 28.7. The molecule has 6 heteroatoms.